The Bertz CT molecular complexity index is 234. The van der Waals surface area contributed by atoms with Crippen LogP contribution in [0.3, 0.4) is 0 Å². The van der Waals surface area contributed by atoms with Gasteiger partial charge in [-0.3, -0.25) is 9.59 Å². The molecule has 0 aliphatic heterocycles. The molecule has 0 radical (unpaired) electrons. The van der Waals surface area contributed by atoms with Gasteiger partial charge in [-0.2, -0.15) is 0 Å². The van der Waals surface area contributed by atoms with Gasteiger partial charge in [0.05, 0.1) is 12.8 Å². The van der Waals surface area contributed by atoms with Gasteiger partial charge in [-0.1, -0.05) is 15.9 Å². The summed E-state index contributed by atoms with van der Waals surface area (Å²) in [5, 5.41) is 33.8. The number of hydrogen-bond acceptors (Lipinski definition) is 4. The van der Waals surface area contributed by atoms with Crippen molar-refractivity contribution in [3.8, 4) is 0 Å². The molecule has 0 aliphatic carbocycles. The molecule has 0 saturated carbocycles. The lowest BCUT2D eigenvalue weighted by Gasteiger charge is -2.18. The minimum atomic E-state index is -2.74. The summed E-state index contributed by atoms with van der Waals surface area (Å²) in [5.41, 5.74) is -2.74. The highest BCUT2D eigenvalue weighted by Crippen LogP contribution is 2.15. The molecule has 0 unspecified atom stereocenters. The SMILES string of the molecule is CBr.O=C(O)CC(O)(CC(=O)O)C(=O)O. The third-order valence-electron chi connectivity index (χ3n) is 1.29. The molecule has 8 heteroatoms. The third-order valence-corrected chi connectivity index (χ3v) is 1.29. The fourth-order valence-corrected chi connectivity index (χ4v) is 0.714. The second-order valence-corrected chi connectivity index (χ2v) is 2.48. The van der Waals surface area contributed by atoms with Crippen molar-refractivity contribution in [1.82, 2.24) is 0 Å². The Hall–Kier alpha value is -1.15. The molecular formula is C7H11BrO7. The second kappa shape index (κ2) is 7.18. The molecule has 0 aliphatic rings. The smallest absolute Gasteiger partial charge is 0.336 e. The average molecular weight is 287 g/mol. The molecule has 0 aromatic heterocycles. The summed E-state index contributed by atoms with van der Waals surface area (Å²) >= 11 is 2.94. The van der Waals surface area contributed by atoms with Crippen LogP contribution >= 0.6 is 15.9 Å². The minimum absolute atomic E-state index is 1.14. The number of rotatable bonds is 5. The van der Waals surface area contributed by atoms with E-state index in [0.717, 1.165) is 0 Å². The summed E-state index contributed by atoms with van der Waals surface area (Å²) in [4.78, 5) is 30.5. The average Bonchev–Trinajstić information content (AvgIpc) is 2.04. The summed E-state index contributed by atoms with van der Waals surface area (Å²) in [6.45, 7) is 0. The van der Waals surface area contributed by atoms with E-state index in [9.17, 15) is 14.4 Å². The normalized spacial score (nSPS) is 9.80. The molecule has 0 spiro atoms. The molecule has 0 amide bonds. The van der Waals surface area contributed by atoms with Crippen molar-refractivity contribution >= 4 is 33.8 Å². The Labute approximate surface area is 93.5 Å². The number of halogens is 1. The predicted octanol–water partition coefficient (Wildman–Crippen LogP) is -0.237. The number of aliphatic carboxylic acids is 3. The van der Waals surface area contributed by atoms with Crippen LogP contribution in [0.5, 0.6) is 0 Å². The lowest BCUT2D eigenvalue weighted by Crippen LogP contribution is -2.42. The molecule has 15 heavy (non-hydrogen) atoms. The molecule has 0 atom stereocenters. The first-order valence-corrected chi connectivity index (χ1v) is 5.13. The van der Waals surface area contributed by atoms with Crippen LogP contribution in [0.2, 0.25) is 0 Å². The summed E-state index contributed by atoms with van der Waals surface area (Å²) in [6.07, 6.45) is -2.29. The van der Waals surface area contributed by atoms with Gasteiger partial charge in [0.15, 0.2) is 5.60 Å². The topological polar surface area (TPSA) is 132 Å². The van der Waals surface area contributed by atoms with Crippen LogP contribution in [0, 0.1) is 0 Å². The molecule has 0 saturated heterocycles. The zero-order chi connectivity index (χ0) is 12.6. The van der Waals surface area contributed by atoms with Gasteiger partial charge in [0, 0.05) is 0 Å². The first-order valence-electron chi connectivity index (χ1n) is 3.55. The number of carbonyl (C=O) groups is 3. The van der Waals surface area contributed by atoms with E-state index in [2.05, 4.69) is 15.9 Å². The van der Waals surface area contributed by atoms with Crippen molar-refractivity contribution in [1.29, 1.82) is 0 Å². The van der Waals surface area contributed by atoms with Crippen LogP contribution in [-0.4, -0.2) is 49.8 Å². The first-order chi connectivity index (χ1) is 6.78. The van der Waals surface area contributed by atoms with Crippen molar-refractivity contribution in [3.63, 3.8) is 0 Å². The zero-order valence-electron chi connectivity index (χ0n) is 7.81. The van der Waals surface area contributed by atoms with Gasteiger partial charge < -0.3 is 20.4 Å². The zero-order valence-corrected chi connectivity index (χ0v) is 9.39. The van der Waals surface area contributed by atoms with Gasteiger partial charge in [0.1, 0.15) is 0 Å². The summed E-state index contributed by atoms with van der Waals surface area (Å²) < 4.78 is 0. The lowest BCUT2D eigenvalue weighted by molar-refractivity contribution is -0.170. The van der Waals surface area contributed by atoms with Crippen molar-refractivity contribution in [3.05, 3.63) is 0 Å². The summed E-state index contributed by atoms with van der Waals surface area (Å²) in [7, 11) is 0. The molecule has 0 rings (SSSR count). The van der Waals surface area contributed by atoms with Crippen LogP contribution in [0.1, 0.15) is 12.8 Å². The van der Waals surface area contributed by atoms with Gasteiger partial charge in [0.25, 0.3) is 0 Å². The maximum Gasteiger partial charge on any atom is 0.336 e. The van der Waals surface area contributed by atoms with Gasteiger partial charge in [-0.05, 0) is 5.83 Å². The van der Waals surface area contributed by atoms with Crippen molar-refractivity contribution in [2.75, 3.05) is 5.83 Å². The van der Waals surface area contributed by atoms with E-state index >= 15 is 0 Å². The largest absolute Gasteiger partial charge is 0.481 e. The maximum absolute atomic E-state index is 10.3. The van der Waals surface area contributed by atoms with E-state index < -0.39 is 36.4 Å². The number of carboxylic acid groups (broad SMARTS) is 3. The van der Waals surface area contributed by atoms with Crippen molar-refractivity contribution < 1.29 is 34.8 Å². The van der Waals surface area contributed by atoms with Crippen molar-refractivity contribution in [2.45, 2.75) is 18.4 Å². The predicted molar refractivity (Wildman–Crippen MR) is 51.9 cm³/mol. The van der Waals surface area contributed by atoms with Gasteiger partial charge in [-0.25, -0.2) is 4.79 Å². The monoisotopic (exact) mass is 286 g/mol. The van der Waals surface area contributed by atoms with Crippen LogP contribution in [0.15, 0.2) is 0 Å². The molecular weight excluding hydrogens is 276 g/mol. The Morgan fingerprint density at radius 1 is 1.00 bits per heavy atom. The Balaban J connectivity index is 0. The molecule has 0 heterocycles. The standard InChI is InChI=1S/C6H8O7.CH3Br/c7-3(8)1-6(13,5(11)12)2-4(9)10;1-2/h13H,1-2H2,(H,7,8)(H,9,10)(H,11,12);1H3. The highest BCUT2D eigenvalue weighted by molar-refractivity contribution is 9.08. The van der Waals surface area contributed by atoms with Crippen molar-refractivity contribution in [2.24, 2.45) is 0 Å². The molecule has 88 valence electrons. The number of hydrogen-bond donors (Lipinski definition) is 4. The van der Waals surface area contributed by atoms with E-state index in [1.54, 1.807) is 0 Å². The quantitative estimate of drug-likeness (QED) is 0.513. The van der Waals surface area contributed by atoms with E-state index in [1.807, 2.05) is 5.83 Å². The van der Waals surface area contributed by atoms with Crippen LogP contribution in [-0.2, 0) is 14.4 Å². The molecule has 7 nitrogen and oxygen atoms in total. The van der Waals surface area contributed by atoms with Gasteiger partial charge >= 0.3 is 17.9 Å². The summed E-state index contributed by atoms with van der Waals surface area (Å²) in [6, 6.07) is 0. The van der Waals surface area contributed by atoms with Gasteiger partial charge in [-0.15, -0.1) is 0 Å². The minimum Gasteiger partial charge on any atom is -0.481 e. The van der Waals surface area contributed by atoms with E-state index in [4.69, 9.17) is 20.4 Å². The first kappa shape index (κ1) is 16.3. The third kappa shape index (κ3) is 6.86. The highest BCUT2D eigenvalue weighted by atomic mass is 79.9. The summed E-state index contributed by atoms with van der Waals surface area (Å²) in [5.74, 6) is -3.21. The Morgan fingerprint density at radius 2 is 1.27 bits per heavy atom. The maximum atomic E-state index is 10.3. The van der Waals surface area contributed by atoms with E-state index in [-0.39, 0.29) is 0 Å². The fourth-order valence-electron chi connectivity index (χ4n) is 0.714. The van der Waals surface area contributed by atoms with Crippen LogP contribution in [0.4, 0.5) is 0 Å². The van der Waals surface area contributed by atoms with Crippen LogP contribution < -0.4 is 0 Å². The fraction of sp³-hybridized carbons (Fsp3) is 0.571. The van der Waals surface area contributed by atoms with E-state index in [0.29, 0.717) is 0 Å². The van der Waals surface area contributed by atoms with Crippen LogP contribution in [0.25, 0.3) is 0 Å². The Kier molecular flexibility index (Phi) is 7.80. The molecule has 0 bridgehead atoms. The molecule has 4 N–H and O–H groups in total. The molecule has 0 aromatic carbocycles. The van der Waals surface area contributed by atoms with Gasteiger partial charge in [0.2, 0.25) is 0 Å². The highest BCUT2D eigenvalue weighted by Gasteiger charge is 2.40. The number of aliphatic hydroxyl groups is 1. The second-order valence-electron chi connectivity index (χ2n) is 2.48. The number of carboxylic acids is 3. The molecule has 0 fully saturated rings. The number of alkyl halides is 1. The van der Waals surface area contributed by atoms with E-state index in [1.165, 1.54) is 0 Å². The lowest BCUT2D eigenvalue weighted by atomic mass is 9.96. The Morgan fingerprint density at radius 3 is 1.40 bits per heavy atom. The molecule has 0 aromatic rings.